The summed E-state index contributed by atoms with van der Waals surface area (Å²) < 4.78 is 0. The molecule has 74 valence electrons. The lowest BCUT2D eigenvalue weighted by Gasteiger charge is -2.02. The van der Waals surface area contributed by atoms with Crippen molar-refractivity contribution in [3.05, 3.63) is 28.4 Å². The molecular formula is C9H11N3O2. The fraction of sp³-hybridized carbons (Fsp3) is 0.444. The minimum absolute atomic E-state index is 0.0818. The van der Waals surface area contributed by atoms with Gasteiger partial charge in [0.25, 0.3) is 5.69 Å². The van der Waals surface area contributed by atoms with E-state index in [1.54, 1.807) is 0 Å². The molecule has 0 atom stereocenters. The SMILES string of the molecule is O=[N+]([O-])c1ccnc(NCC2CC2)c1. The van der Waals surface area contributed by atoms with Crippen molar-refractivity contribution in [2.75, 3.05) is 11.9 Å². The van der Waals surface area contributed by atoms with E-state index < -0.39 is 4.92 Å². The summed E-state index contributed by atoms with van der Waals surface area (Å²) in [7, 11) is 0. The van der Waals surface area contributed by atoms with Gasteiger partial charge in [0.05, 0.1) is 11.0 Å². The van der Waals surface area contributed by atoms with Gasteiger partial charge in [-0.3, -0.25) is 10.1 Å². The maximum atomic E-state index is 10.5. The molecule has 1 aromatic rings. The van der Waals surface area contributed by atoms with E-state index >= 15 is 0 Å². The molecule has 1 N–H and O–H groups in total. The highest BCUT2D eigenvalue weighted by atomic mass is 16.6. The minimum Gasteiger partial charge on any atom is -0.370 e. The summed E-state index contributed by atoms with van der Waals surface area (Å²) >= 11 is 0. The fourth-order valence-corrected chi connectivity index (χ4v) is 1.20. The zero-order chi connectivity index (χ0) is 9.97. The molecule has 5 heteroatoms. The van der Waals surface area contributed by atoms with Crippen molar-refractivity contribution < 1.29 is 4.92 Å². The van der Waals surface area contributed by atoms with Crippen LogP contribution < -0.4 is 5.32 Å². The number of nitro groups is 1. The normalized spacial score (nSPS) is 15.1. The number of hydrogen-bond donors (Lipinski definition) is 1. The lowest BCUT2D eigenvalue weighted by atomic mass is 10.3. The van der Waals surface area contributed by atoms with Gasteiger partial charge in [-0.05, 0) is 18.8 Å². The van der Waals surface area contributed by atoms with Crippen LogP contribution in [0.15, 0.2) is 18.3 Å². The van der Waals surface area contributed by atoms with Gasteiger partial charge in [0.15, 0.2) is 0 Å². The Morgan fingerprint density at radius 3 is 3.07 bits per heavy atom. The van der Waals surface area contributed by atoms with Gasteiger partial charge in [-0.15, -0.1) is 0 Å². The summed E-state index contributed by atoms with van der Waals surface area (Å²) in [6.07, 6.45) is 3.96. The van der Waals surface area contributed by atoms with E-state index in [1.807, 2.05) is 0 Å². The summed E-state index contributed by atoms with van der Waals surface area (Å²) in [6, 6.07) is 2.85. The average molecular weight is 193 g/mol. The van der Waals surface area contributed by atoms with Crippen LogP contribution in [-0.2, 0) is 0 Å². The van der Waals surface area contributed by atoms with Crippen LogP contribution in [0.1, 0.15) is 12.8 Å². The topological polar surface area (TPSA) is 68.1 Å². The second-order valence-electron chi connectivity index (χ2n) is 3.48. The first-order valence-electron chi connectivity index (χ1n) is 4.60. The van der Waals surface area contributed by atoms with Crippen LogP contribution >= 0.6 is 0 Å². The lowest BCUT2D eigenvalue weighted by molar-refractivity contribution is -0.384. The smallest absolute Gasteiger partial charge is 0.274 e. The zero-order valence-corrected chi connectivity index (χ0v) is 7.64. The van der Waals surface area contributed by atoms with E-state index in [0.717, 1.165) is 12.5 Å². The molecule has 1 heterocycles. The Labute approximate surface area is 81.3 Å². The van der Waals surface area contributed by atoms with Gasteiger partial charge < -0.3 is 5.32 Å². The Balaban J connectivity index is 2.01. The summed E-state index contributed by atoms with van der Waals surface area (Å²) in [5.41, 5.74) is 0.0818. The molecule has 0 saturated heterocycles. The highest BCUT2D eigenvalue weighted by Gasteiger charge is 2.20. The number of aromatic nitrogens is 1. The molecule has 1 aliphatic carbocycles. The standard InChI is InChI=1S/C9H11N3O2/c13-12(14)8-3-4-10-9(5-8)11-6-7-1-2-7/h3-5,7H,1-2,6H2,(H,10,11). The molecule has 1 aromatic heterocycles. The van der Waals surface area contributed by atoms with Crippen molar-refractivity contribution in [3.63, 3.8) is 0 Å². The fourth-order valence-electron chi connectivity index (χ4n) is 1.20. The zero-order valence-electron chi connectivity index (χ0n) is 7.64. The van der Waals surface area contributed by atoms with Gasteiger partial charge in [0.1, 0.15) is 5.82 Å². The first kappa shape index (κ1) is 8.93. The average Bonchev–Trinajstić information content (AvgIpc) is 2.99. The number of hydrogen-bond acceptors (Lipinski definition) is 4. The first-order valence-corrected chi connectivity index (χ1v) is 4.60. The van der Waals surface area contributed by atoms with Crippen molar-refractivity contribution in [3.8, 4) is 0 Å². The maximum Gasteiger partial charge on any atom is 0.274 e. The van der Waals surface area contributed by atoms with Crippen molar-refractivity contribution in [2.24, 2.45) is 5.92 Å². The van der Waals surface area contributed by atoms with Crippen LogP contribution in [0.3, 0.4) is 0 Å². The second-order valence-corrected chi connectivity index (χ2v) is 3.48. The van der Waals surface area contributed by atoms with Crippen LogP contribution in [0.2, 0.25) is 0 Å². The molecule has 1 saturated carbocycles. The molecule has 0 amide bonds. The third-order valence-corrected chi connectivity index (χ3v) is 2.22. The van der Waals surface area contributed by atoms with Crippen LogP contribution in [0.4, 0.5) is 11.5 Å². The summed E-state index contributed by atoms with van der Waals surface area (Å²) in [6.45, 7) is 0.869. The first-order chi connectivity index (χ1) is 6.75. The Morgan fingerprint density at radius 2 is 2.43 bits per heavy atom. The van der Waals surface area contributed by atoms with Gasteiger partial charge >= 0.3 is 0 Å². The van der Waals surface area contributed by atoms with Crippen LogP contribution in [0.25, 0.3) is 0 Å². The Morgan fingerprint density at radius 1 is 1.64 bits per heavy atom. The minimum atomic E-state index is -0.413. The highest BCUT2D eigenvalue weighted by Crippen LogP contribution is 2.28. The van der Waals surface area contributed by atoms with Crippen molar-refractivity contribution >= 4 is 11.5 Å². The molecule has 5 nitrogen and oxygen atoms in total. The number of nitrogens with one attached hydrogen (secondary N) is 1. The van der Waals surface area contributed by atoms with E-state index in [0.29, 0.717) is 5.82 Å². The largest absolute Gasteiger partial charge is 0.370 e. The summed E-state index contributed by atoms with van der Waals surface area (Å²) in [5.74, 6) is 1.32. The molecule has 0 spiro atoms. The second kappa shape index (κ2) is 3.61. The van der Waals surface area contributed by atoms with E-state index in [9.17, 15) is 10.1 Å². The number of rotatable bonds is 4. The summed E-state index contributed by atoms with van der Waals surface area (Å²) in [4.78, 5) is 14.0. The van der Waals surface area contributed by atoms with E-state index in [2.05, 4.69) is 10.3 Å². The van der Waals surface area contributed by atoms with Crippen molar-refractivity contribution in [1.82, 2.24) is 4.98 Å². The quantitative estimate of drug-likeness (QED) is 0.585. The van der Waals surface area contributed by atoms with Gasteiger partial charge in [-0.2, -0.15) is 0 Å². The van der Waals surface area contributed by atoms with Crippen molar-refractivity contribution in [1.29, 1.82) is 0 Å². The van der Waals surface area contributed by atoms with Crippen LogP contribution in [-0.4, -0.2) is 16.5 Å². The van der Waals surface area contributed by atoms with Crippen LogP contribution in [0, 0.1) is 16.0 Å². The lowest BCUT2D eigenvalue weighted by Crippen LogP contribution is -2.04. The molecule has 1 aliphatic rings. The number of anilines is 1. The third kappa shape index (κ3) is 2.18. The van der Waals surface area contributed by atoms with E-state index in [-0.39, 0.29) is 5.69 Å². The molecule has 0 aromatic carbocycles. The molecule has 2 rings (SSSR count). The summed E-state index contributed by atoms with van der Waals surface area (Å²) in [5, 5.41) is 13.5. The molecule has 0 radical (unpaired) electrons. The van der Waals surface area contributed by atoms with E-state index in [1.165, 1.54) is 31.2 Å². The monoisotopic (exact) mass is 193 g/mol. The van der Waals surface area contributed by atoms with Gasteiger partial charge in [0.2, 0.25) is 0 Å². The Kier molecular flexibility index (Phi) is 2.30. The van der Waals surface area contributed by atoms with Crippen molar-refractivity contribution in [2.45, 2.75) is 12.8 Å². The Hall–Kier alpha value is -1.65. The molecule has 1 fully saturated rings. The predicted molar refractivity (Wildman–Crippen MR) is 52.1 cm³/mol. The van der Waals surface area contributed by atoms with Gasteiger partial charge in [-0.25, -0.2) is 4.98 Å². The molecule has 0 bridgehead atoms. The number of pyridine rings is 1. The van der Waals surface area contributed by atoms with E-state index in [4.69, 9.17) is 0 Å². The maximum absolute atomic E-state index is 10.5. The molecular weight excluding hydrogens is 182 g/mol. The molecule has 0 aliphatic heterocycles. The molecule has 14 heavy (non-hydrogen) atoms. The van der Waals surface area contributed by atoms with Gasteiger partial charge in [0, 0.05) is 18.8 Å². The third-order valence-electron chi connectivity index (χ3n) is 2.22. The number of nitrogens with zero attached hydrogens (tertiary/aromatic N) is 2. The molecule has 0 unspecified atom stereocenters. The Bertz CT molecular complexity index is 350. The van der Waals surface area contributed by atoms with Gasteiger partial charge in [-0.1, -0.05) is 0 Å². The van der Waals surface area contributed by atoms with Crippen LogP contribution in [0.5, 0.6) is 0 Å². The highest BCUT2D eigenvalue weighted by molar-refractivity contribution is 5.44. The predicted octanol–water partition coefficient (Wildman–Crippen LogP) is 1.81.